The number of nitrogens with zero attached hydrogens (tertiary/aromatic N) is 2. The zero-order valence-corrected chi connectivity index (χ0v) is 19.2. The van der Waals surface area contributed by atoms with E-state index >= 15 is 0 Å². The molecule has 0 spiro atoms. The number of fused-ring (bicyclic) bond motifs is 2. The number of nitrogens with one attached hydrogen (secondary N) is 2. The van der Waals surface area contributed by atoms with Gasteiger partial charge in [0.25, 0.3) is 0 Å². The van der Waals surface area contributed by atoms with Gasteiger partial charge in [0.1, 0.15) is 5.82 Å². The van der Waals surface area contributed by atoms with Crippen LogP contribution >= 0.6 is 0 Å². The van der Waals surface area contributed by atoms with Crippen LogP contribution in [0.2, 0.25) is 0 Å². The van der Waals surface area contributed by atoms with E-state index in [0.29, 0.717) is 32.3 Å². The molecule has 1 unspecified atom stereocenters. The molecule has 7 nitrogen and oxygen atoms in total. The molecule has 0 saturated carbocycles. The van der Waals surface area contributed by atoms with Gasteiger partial charge in [-0.25, -0.2) is 4.98 Å². The smallest absolute Gasteiger partial charge is 0.228 e. The summed E-state index contributed by atoms with van der Waals surface area (Å²) < 4.78 is 11.3. The highest BCUT2D eigenvalue weighted by Gasteiger charge is 2.32. The Balaban J connectivity index is 1.37. The number of aromatic nitrogens is 1. The Morgan fingerprint density at radius 3 is 2.82 bits per heavy atom. The molecule has 2 N–H and O–H groups in total. The molecule has 7 heteroatoms. The third-order valence-electron chi connectivity index (χ3n) is 7.62. The average molecular weight is 449 g/mol. The van der Waals surface area contributed by atoms with Crippen LogP contribution in [-0.2, 0) is 27.2 Å². The number of carbonyl (C=O) groups excluding carboxylic acids is 1. The number of benzene rings is 1. The highest BCUT2D eigenvalue weighted by atomic mass is 16.5. The zero-order valence-electron chi connectivity index (χ0n) is 19.2. The van der Waals surface area contributed by atoms with Crippen LogP contribution in [0.15, 0.2) is 24.4 Å². The standard InChI is InChI=1S/C26H32N4O3/c1-16-11-28-25-21(16)10-20(12-29-25)19-8-17-2-5-30(26(31)18-3-6-32-14-18)13-23(17)22(9-19)24-15-33-7-4-27-24/h8-10,12,16,18,24,27H,2-7,11,13-15H2,1H3,(H,28,29)/t16?,18-,24-/m0/s1. The molecule has 33 heavy (non-hydrogen) atoms. The Kier molecular flexibility index (Phi) is 5.56. The fourth-order valence-corrected chi connectivity index (χ4v) is 5.64. The second-order valence-corrected chi connectivity index (χ2v) is 9.80. The maximum Gasteiger partial charge on any atom is 0.228 e. The van der Waals surface area contributed by atoms with Gasteiger partial charge in [-0.05, 0) is 52.8 Å². The molecule has 4 aliphatic heterocycles. The van der Waals surface area contributed by atoms with Gasteiger partial charge in [-0.3, -0.25) is 4.79 Å². The summed E-state index contributed by atoms with van der Waals surface area (Å²) in [6.45, 7) is 8.12. The fourth-order valence-electron chi connectivity index (χ4n) is 5.64. The Morgan fingerprint density at radius 2 is 2.00 bits per heavy atom. The molecular formula is C26H32N4O3. The van der Waals surface area contributed by atoms with Crippen LogP contribution in [0, 0.1) is 5.92 Å². The predicted octanol–water partition coefficient (Wildman–Crippen LogP) is 2.86. The highest BCUT2D eigenvalue weighted by molar-refractivity contribution is 5.80. The number of rotatable bonds is 3. The van der Waals surface area contributed by atoms with Crippen LogP contribution in [0.25, 0.3) is 11.1 Å². The second kappa shape index (κ2) is 8.70. The van der Waals surface area contributed by atoms with Crippen molar-refractivity contribution in [2.24, 2.45) is 5.92 Å². The summed E-state index contributed by atoms with van der Waals surface area (Å²) in [7, 11) is 0. The lowest BCUT2D eigenvalue weighted by Crippen LogP contribution is -2.41. The third-order valence-corrected chi connectivity index (χ3v) is 7.62. The van der Waals surface area contributed by atoms with Crippen molar-refractivity contribution in [3.05, 3.63) is 46.6 Å². The summed E-state index contributed by atoms with van der Waals surface area (Å²) in [4.78, 5) is 19.9. The van der Waals surface area contributed by atoms with Crippen molar-refractivity contribution < 1.29 is 14.3 Å². The maximum absolute atomic E-state index is 13.1. The molecule has 5 heterocycles. The summed E-state index contributed by atoms with van der Waals surface area (Å²) in [5.74, 6) is 1.73. The van der Waals surface area contributed by atoms with Gasteiger partial charge in [0, 0.05) is 50.5 Å². The van der Waals surface area contributed by atoms with Crippen molar-refractivity contribution in [3.63, 3.8) is 0 Å². The first-order valence-corrected chi connectivity index (χ1v) is 12.2. The summed E-state index contributed by atoms with van der Waals surface area (Å²) in [6, 6.07) is 7.05. The van der Waals surface area contributed by atoms with E-state index in [1.165, 1.54) is 27.8 Å². The Labute approximate surface area is 194 Å². The molecule has 2 aromatic rings. The van der Waals surface area contributed by atoms with E-state index in [-0.39, 0.29) is 17.9 Å². The van der Waals surface area contributed by atoms with Gasteiger partial charge in [0.2, 0.25) is 5.91 Å². The molecule has 174 valence electrons. The molecule has 1 amide bonds. The monoisotopic (exact) mass is 448 g/mol. The molecule has 4 aliphatic rings. The lowest BCUT2D eigenvalue weighted by molar-refractivity contribution is -0.136. The van der Waals surface area contributed by atoms with Gasteiger partial charge in [-0.1, -0.05) is 13.0 Å². The number of amides is 1. The fraction of sp³-hybridized carbons (Fsp3) is 0.538. The number of pyridine rings is 1. The van der Waals surface area contributed by atoms with E-state index in [0.717, 1.165) is 50.5 Å². The van der Waals surface area contributed by atoms with Crippen LogP contribution in [0.4, 0.5) is 5.82 Å². The van der Waals surface area contributed by atoms with Crippen LogP contribution in [0.1, 0.15) is 47.6 Å². The molecule has 2 saturated heterocycles. The van der Waals surface area contributed by atoms with E-state index in [9.17, 15) is 4.79 Å². The number of hydrogen-bond donors (Lipinski definition) is 2. The molecule has 1 aromatic carbocycles. The molecule has 1 aromatic heterocycles. The number of carbonyl (C=O) groups is 1. The minimum atomic E-state index is 0.0125. The Morgan fingerprint density at radius 1 is 1.12 bits per heavy atom. The van der Waals surface area contributed by atoms with Crippen LogP contribution < -0.4 is 10.6 Å². The van der Waals surface area contributed by atoms with Gasteiger partial charge in [-0.15, -0.1) is 0 Å². The van der Waals surface area contributed by atoms with E-state index in [1.54, 1.807) is 0 Å². The van der Waals surface area contributed by atoms with Crippen molar-refractivity contribution in [2.45, 2.75) is 38.3 Å². The summed E-state index contributed by atoms with van der Waals surface area (Å²) in [5.41, 5.74) is 7.54. The van der Waals surface area contributed by atoms with Gasteiger partial charge < -0.3 is 25.0 Å². The van der Waals surface area contributed by atoms with Crippen molar-refractivity contribution >= 4 is 11.7 Å². The molecular weight excluding hydrogens is 416 g/mol. The second-order valence-electron chi connectivity index (χ2n) is 9.80. The van der Waals surface area contributed by atoms with Crippen molar-refractivity contribution in [1.82, 2.24) is 15.2 Å². The van der Waals surface area contributed by atoms with Gasteiger partial charge in [0.15, 0.2) is 0 Å². The minimum Gasteiger partial charge on any atom is -0.381 e. The molecule has 0 radical (unpaired) electrons. The Bertz CT molecular complexity index is 1060. The zero-order chi connectivity index (χ0) is 22.4. The number of ether oxygens (including phenoxy) is 2. The van der Waals surface area contributed by atoms with Gasteiger partial charge in [0.05, 0.1) is 31.8 Å². The lowest BCUT2D eigenvalue weighted by atomic mass is 9.86. The van der Waals surface area contributed by atoms with E-state index in [1.807, 2.05) is 11.1 Å². The quantitative estimate of drug-likeness (QED) is 0.752. The SMILES string of the molecule is CC1CNc2ncc(-c3cc4c(c([C@@H]5COCCN5)c3)CN(C(=O)[C@H]3CCOC3)CC4)cc21. The summed E-state index contributed by atoms with van der Waals surface area (Å²) >= 11 is 0. The van der Waals surface area contributed by atoms with Gasteiger partial charge in [-0.2, -0.15) is 0 Å². The van der Waals surface area contributed by atoms with Crippen LogP contribution in [0.3, 0.4) is 0 Å². The van der Waals surface area contributed by atoms with Crippen molar-refractivity contribution in [3.8, 4) is 11.1 Å². The lowest BCUT2D eigenvalue weighted by Gasteiger charge is -2.35. The molecule has 0 aliphatic carbocycles. The first kappa shape index (κ1) is 21.1. The van der Waals surface area contributed by atoms with Crippen LogP contribution in [0.5, 0.6) is 0 Å². The van der Waals surface area contributed by atoms with E-state index in [2.05, 4.69) is 35.8 Å². The van der Waals surface area contributed by atoms with E-state index < -0.39 is 0 Å². The molecule has 0 bridgehead atoms. The Hall–Kier alpha value is -2.48. The topological polar surface area (TPSA) is 75.7 Å². The van der Waals surface area contributed by atoms with Crippen molar-refractivity contribution in [1.29, 1.82) is 0 Å². The van der Waals surface area contributed by atoms with Gasteiger partial charge >= 0.3 is 0 Å². The summed E-state index contributed by atoms with van der Waals surface area (Å²) in [5, 5.41) is 7.03. The van der Waals surface area contributed by atoms with E-state index in [4.69, 9.17) is 14.5 Å². The summed E-state index contributed by atoms with van der Waals surface area (Å²) in [6.07, 6.45) is 3.70. The first-order valence-electron chi connectivity index (χ1n) is 12.2. The number of morpholine rings is 1. The molecule has 6 rings (SSSR count). The third kappa shape index (κ3) is 3.92. The maximum atomic E-state index is 13.1. The predicted molar refractivity (Wildman–Crippen MR) is 126 cm³/mol. The number of hydrogen-bond acceptors (Lipinski definition) is 6. The molecule has 2 fully saturated rings. The van der Waals surface area contributed by atoms with Crippen molar-refractivity contribution in [2.75, 3.05) is 51.4 Å². The average Bonchev–Trinajstić information content (AvgIpc) is 3.53. The van der Waals surface area contributed by atoms with Crippen LogP contribution in [-0.4, -0.2) is 61.9 Å². The number of anilines is 1. The molecule has 3 atom stereocenters. The normalized spacial score (nSPS) is 26.6. The largest absolute Gasteiger partial charge is 0.381 e. The first-order chi connectivity index (χ1) is 16.2. The minimum absolute atomic E-state index is 0.0125. The highest BCUT2D eigenvalue weighted by Crippen LogP contribution is 2.37.